The van der Waals surface area contributed by atoms with Crippen molar-refractivity contribution in [3.8, 4) is 0 Å². The van der Waals surface area contributed by atoms with Crippen LogP contribution in [0.15, 0.2) is 72.5 Å². The number of nitrogens with two attached hydrogens (primary N) is 1. The zero-order chi connectivity index (χ0) is 16.6. The molecule has 4 heteroatoms. The van der Waals surface area contributed by atoms with Gasteiger partial charge in [-0.05, 0) is 36.4 Å². The smallest absolute Gasteiger partial charge is 0.163 e. The summed E-state index contributed by atoms with van der Waals surface area (Å²) in [6, 6.07) is 16.4. The number of rotatable bonds is 3. The van der Waals surface area contributed by atoms with Crippen molar-refractivity contribution in [2.24, 2.45) is 5.73 Å². The Morgan fingerprint density at radius 3 is 2.79 bits per heavy atom. The van der Waals surface area contributed by atoms with Crippen molar-refractivity contribution >= 4 is 27.5 Å². The van der Waals surface area contributed by atoms with Crippen molar-refractivity contribution in [1.29, 1.82) is 0 Å². The molecular formula is C20H19N3O. The summed E-state index contributed by atoms with van der Waals surface area (Å²) in [6.45, 7) is 0. The van der Waals surface area contributed by atoms with Crippen LogP contribution in [0.3, 0.4) is 0 Å². The van der Waals surface area contributed by atoms with Crippen LogP contribution in [0.1, 0.15) is 6.42 Å². The lowest BCUT2D eigenvalue weighted by Gasteiger charge is -2.33. The van der Waals surface area contributed by atoms with Gasteiger partial charge in [0.15, 0.2) is 5.72 Å². The van der Waals surface area contributed by atoms with Crippen LogP contribution in [0.5, 0.6) is 0 Å². The highest BCUT2D eigenvalue weighted by Crippen LogP contribution is 2.31. The van der Waals surface area contributed by atoms with Gasteiger partial charge in [0.25, 0.3) is 0 Å². The summed E-state index contributed by atoms with van der Waals surface area (Å²) in [5.74, 6) is 0. The SMILES string of the molecule is COC1(Nc2cccc3nc4ccccc4cc23)C=CC=C(N)C1. The molecule has 1 aromatic heterocycles. The van der Waals surface area contributed by atoms with Crippen LogP contribution in [-0.4, -0.2) is 17.8 Å². The molecule has 0 bridgehead atoms. The quantitative estimate of drug-likeness (QED) is 0.567. The number of benzene rings is 2. The molecule has 3 N–H and O–H groups in total. The fraction of sp³-hybridized carbons (Fsp3) is 0.150. The van der Waals surface area contributed by atoms with Gasteiger partial charge in [0.05, 0.1) is 11.0 Å². The third kappa shape index (κ3) is 2.51. The van der Waals surface area contributed by atoms with Crippen molar-refractivity contribution in [2.75, 3.05) is 12.4 Å². The number of pyridine rings is 1. The molecule has 1 aliphatic carbocycles. The lowest BCUT2D eigenvalue weighted by atomic mass is 10.0. The van der Waals surface area contributed by atoms with E-state index in [4.69, 9.17) is 15.5 Å². The molecule has 1 heterocycles. The first-order valence-electron chi connectivity index (χ1n) is 7.95. The minimum absolute atomic E-state index is 0.595. The fourth-order valence-corrected chi connectivity index (χ4v) is 3.16. The summed E-state index contributed by atoms with van der Waals surface area (Å²) in [5, 5.41) is 5.69. The first-order chi connectivity index (χ1) is 11.7. The molecule has 3 aromatic rings. The molecule has 0 aliphatic heterocycles. The maximum Gasteiger partial charge on any atom is 0.163 e. The number of nitrogens with one attached hydrogen (secondary N) is 1. The van der Waals surface area contributed by atoms with Crippen molar-refractivity contribution in [3.63, 3.8) is 0 Å². The summed E-state index contributed by atoms with van der Waals surface area (Å²) in [4.78, 5) is 4.76. The average molecular weight is 317 g/mol. The highest BCUT2D eigenvalue weighted by molar-refractivity contribution is 5.99. The first kappa shape index (κ1) is 14.7. The maximum atomic E-state index is 6.00. The molecule has 120 valence electrons. The Hall–Kier alpha value is -2.85. The summed E-state index contributed by atoms with van der Waals surface area (Å²) < 4.78 is 5.75. The first-order valence-corrected chi connectivity index (χ1v) is 7.95. The Kier molecular flexibility index (Phi) is 3.47. The van der Waals surface area contributed by atoms with Crippen LogP contribution in [0, 0.1) is 0 Å². The Labute approximate surface area is 140 Å². The van der Waals surface area contributed by atoms with Gasteiger partial charge in [0.1, 0.15) is 0 Å². The monoisotopic (exact) mass is 317 g/mol. The van der Waals surface area contributed by atoms with Gasteiger partial charge >= 0.3 is 0 Å². The van der Waals surface area contributed by atoms with E-state index in [1.165, 1.54) is 0 Å². The molecule has 1 atom stereocenters. The van der Waals surface area contributed by atoms with Gasteiger partial charge in [0, 0.05) is 35.7 Å². The minimum atomic E-state index is -0.640. The average Bonchev–Trinajstić information content (AvgIpc) is 2.60. The summed E-state index contributed by atoms with van der Waals surface area (Å²) >= 11 is 0. The summed E-state index contributed by atoms with van der Waals surface area (Å²) in [6.07, 6.45) is 6.42. The van der Waals surface area contributed by atoms with Crippen LogP contribution >= 0.6 is 0 Å². The van der Waals surface area contributed by atoms with E-state index < -0.39 is 5.72 Å². The second-order valence-electron chi connectivity index (χ2n) is 6.05. The Balaban J connectivity index is 1.83. The Morgan fingerprint density at radius 1 is 1.12 bits per heavy atom. The zero-order valence-electron chi connectivity index (χ0n) is 13.5. The number of hydrogen-bond acceptors (Lipinski definition) is 4. The largest absolute Gasteiger partial charge is 0.402 e. The predicted molar refractivity (Wildman–Crippen MR) is 98.6 cm³/mol. The molecule has 1 unspecified atom stereocenters. The number of methoxy groups -OCH3 is 1. The number of allylic oxidation sites excluding steroid dienone is 2. The van der Waals surface area contributed by atoms with Gasteiger partial charge in [-0.3, -0.25) is 0 Å². The summed E-state index contributed by atoms with van der Waals surface area (Å²) in [7, 11) is 1.69. The van der Waals surface area contributed by atoms with Gasteiger partial charge in [-0.25, -0.2) is 4.98 Å². The second kappa shape index (κ2) is 5.65. The molecule has 0 radical (unpaired) electrons. The minimum Gasteiger partial charge on any atom is -0.402 e. The fourth-order valence-electron chi connectivity index (χ4n) is 3.16. The van der Waals surface area contributed by atoms with Crippen LogP contribution in [0.4, 0.5) is 5.69 Å². The molecule has 4 nitrogen and oxygen atoms in total. The second-order valence-corrected chi connectivity index (χ2v) is 6.05. The zero-order valence-corrected chi connectivity index (χ0v) is 13.5. The molecule has 0 saturated heterocycles. The van der Waals surface area contributed by atoms with E-state index in [0.29, 0.717) is 6.42 Å². The van der Waals surface area contributed by atoms with Crippen molar-refractivity contribution in [1.82, 2.24) is 4.98 Å². The van der Waals surface area contributed by atoms with Gasteiger partial charge in [-0.15, -0.1) is 0 Å². The van der Waals surface area contributed by atoms with E-state index >= 15 is 0 Å². The summed E-state index contributed by atoms with van der Waals surface area (Å²) in [5.41, 5.74) is 9.08. The number of ether oxygens (including phenoxy) is 1. The van der Waals surface area contributed by atoms with E-state index in [0.717, 1.165) is 33.2 Å². The number of para-hydroxylation sites is 1. The number of aromatic nitrogens is 1. The van der Waals surface area contributed by atoms with Crippen LogP contribution in [0.25, 0.3) is 21.8 Å². The van der Waals surface area contributed by atoms with E-state index in [9.17, 15) is 0 Å². The van der Waals surface area contributed by atoms with Crippen LogP contribution in [0.2, 0.25) is 0 Å². The Bertz CT molecular complexity index is 977. The van der Waals surface area contributed by atoms with E-state index in [2.05, 4.69) is 17.4 Å². The van der Waals surface area contributed by atoms with Crippen molar-refractivity contribution < 1.29 is 4.74 Å². The van der Waals surface area contributed by atoms with E-state index in [-0.39, 0.29) is 0 Å². The number of hydrogen-bond donors (Lipinski definition) is 2. The molecule has 2 aromatic carbocycles. The molecule has 0 spiro atoms. The van der Waals surface area contributed by atoms with E-state index in [1.54, 1.807) is 7.11 Å². The van der Waals surface area contributed by atoms with Gasteiger partial charge in [-0.1, -0.05) is 30.3 Å². The number of nitrogens with zero attached hydrogens (tertiary/aromatic N) is 1. The lowest BCUT2D eigenvalue weighted by Crippen LogP contribution is -2.40. The Morgan fingerprint density at radius 2 is 1.96 bits per heavy atom. The molecule has 4 rings (SSSR count). The third-order valence-corrected chi connectivity index (χ3v) is 4.41. The molecular weight excluding hydrogens is 298 g/mol. The van der Waals surface area contributed by atoms with Crippen LogP contribution < -0.4 is 11.1 Å². The highest BCUT2D eigenvalue weighted by atomic mass is 16.5. The molecule has 24 heavy (non-hydrogen) atoms. The predicted octanol–water partition coefficient (Wildman–Crippen LogP) is 3.95. The molecule has 0 fully saturated rings. The van der Waals surface area contributed by atoms with Gasteiger partial charge in [-0.2, -0.15) is 0 Å². The number of fused-ring (bicyclic) bond motifs is 2. The maximum absolute atomic E-state index is 6.00. The highest BCUT2D eigenvalue weighted by Gasteiger charge is 2.29. The molecule has 0 amide bonds. The molecule has 1 aliphatic rings. The lowest BCUT2D eigenvalue weighted by molar-refractivity contribution is 0.0560. The number of anilines is 1. The topological polar surface area (TPSA) is 60.2 Å². The normalized spacial score (nSPS) is 20.3. The van der Waals surface area contributed by atoms with Crippen LogP contribution in [-0.2, 0) is 4.74 Å². The standard InChI is InChI=1S/C20H19N3O/c1-24-20(11-5-7-15(21)13-20)23-19-10-4-9-18-16(19)12-14-6-2-3-8-17(14)22-18/h2-12,23H,13,21H2,1H3. The van der Waals surface area contributed by atoms with Crippen molar-refractivity contribution in [2.45, 2.75) is 12.1 Å². The van der Waals surface area contributed by atoms with Crippen molar-refractivity contribution in [3.05, 3.63) is 72.5 Å². The van der Waals surface area contributed by atoms with Gasteiger partial charge in [0.2, 0.25) is 0 Å². The van der Waals surface area contributed by atoms with Gasteiger partial charge < -0.3 is 15.8 Å². The molecule has 0 saturated carbocycles. The van der Waals surface area contributed by atoms with E-state index in [1.807, 2.05) is 54.6 Å². The third-order valence-electron chi connectivity index (χ3n) is 4.41.